The summed E-state index contributed by atoms with van der Waals surface area (Å²) < 4.78 is 1.16. The number of rotatable bonds is 5. The average Bonchev–Trinajstić information content (AvgIpc) is 2.18. The first-order valence-electron chi connectivity index (χ1n) is 5.20. The van der Waals surface area contributed by atoms with Crippen molar-refractivity contribution in [1.29, 1.82) is 0 Å². The molecule has 1 atom stereocenters. The molecule has 0 heterocycles. The Labute approximate surface area is 95.0 Å². The lowest BCUT2D eigenvalue weighted by Gasteiger charge is -2.12. The van der Waals surface area contributed by atoms with E-state index in [1.807, 2.05) is 0 Å². The Morgan fingerprint density at radius 3 is 2.86 bits per heavy atom. The predicted molar refractivity (Wildman–Crippen MR) is 65.7 cm³/mol. The lowest BCUT2D eigenvalue weighted by molar-refractivity contribution is 0.609. The standard InChI is InChI=1S/C12H18BrN/c1-3-7-14-9-10(2)11-5-4-6-12(13)8-11/h4-6,8,10,14H,3,7,9H2,1-2H3. The zero-order valence-electron chi connectivity index (χ0n) is 8.89. The molecule has 1 aromatic rings. The third-order valence-corrected chi connectivity index (χ3v) is 2.79. The van der Waals surface area contributed by atoms with Crippen molar-refractivity contribution < 1.29 is 0 Å². The van der Waals surface area contributed by atoms with E-state index in [1.54, 1.807) is 0 Å². The molecule has 78 valence electrons. The van der Waals surface area contributed by atoms with Crippen LogP contribution in [0.25, 0.3) is 0 Å². The molecule has 1 unspecified atom stereocenters. The molecule has 0 radical (unpaired) electrons. The summed E-state index contributed by atoms with van der Waals surface area (Å²) in [5.74, 6) is 0.582. The van der Waals surface area contributed by atoms with Crippen LogP contribution in [0.4, 0.5) is 0 Å². The molecule has 0 aliphatic carbocycles. The molecule has 0 aromatic heterocycles. The van der Waals surface area contributed by atoms with Crippen LogP contribution in [0.2, 0.25) is 0 Å². The van der Waals surface area contributed by atoms with Crippen molar-refractivity contribution in [1.82, 2.24) is 5.32 Å². The smallest absolute Gasteiger partial charge is 0.0178 e. The normalized spacial score (nSPS) is 12.8. The van der Waals surface area contributed by atoms with Crippen LogP contribution in [0.15, 0.2) is 28.7 Å². The van der Waals surface area contributed by atoms with E-state index < -0.39 is 0 Å². The molecule has 0 saturated carbocycles. The summed E-state index contributed by atoms with van der Waals surface area (Å²) in [5, 5.41) is 3.44. The molecule has 1 nitrogen and oxygen atoms in total. The summed E-state index contributed by atoms with van der Waals surface area (Å²) in [4.78, 5) is 0. The van der Waals surface area contributed by atoms with Gasteiger partial charge in [-0.05, 0) is 36.6 Å². The molecule has 0 amide bonds. The van der Waals surface area contributed by atoms with E-state index in [2.05, 4.69) is 59.4 Å². The molecule has 0 aliphatic heterocycles. The van der Waals surface area contributed by atoms with Crippen LogP contribution in [0.3, 0.4) is 0 Å². The molecule has 14 heavy (non-hydrogen) atoms. The molecular weight excluding hydrogens is 238 g/mol. The van der Waals surface area contributed by atoms with Gasteiger partial charge in [0.25, 0.3) is 0 Å². The first kappa shape index (κ1) is 11.7. The summed E-state index contributed by atoms with van der Waals surface area (Å²) in [6.07, 6.45) is 1.20. The second kappa shape index (κ2) is 6.20. The summed E-state index contributed by atoms with van der Waals surface area (Å²) in [6, 6.07) is 8.53. The third kappa shape index (κ3) is 3.81. The minimum atomic E-state index is 0.582. The quantitative estimate of drug-likeness (QED) is 0.794. The molecule has 0 saturated heterocycles. The average molecular weight is 256 g/mol. The van der Waals surface area contributed by atoms with Crippen molar-refractivity contribution in [2.45, 2.75) is 26.2 Å². The fourth-order valence-corrected chi connectivity index (χ4v) is 1.84. The van der Waals surface area contributed by atoms with Gasteiger partial charge in [-0.2, -0.15) is 0 Å². The van der Waals surface area contributed by atoms with E-state index in [0.29, 0.717) is 5.92 Å². The Balaban J connectivity index is 2.47. The molecule has 2 heteroatoms. The Morgan fingerprint density at radius 2 is 2.21 bits per heavy atom. The lowest BCUT2D eigenvalue weighted by atomic mass is 10.0. The zero-order valence-corrected chi connectivity index (χ0v) is 10.5. The van der Waals surface area contributed by atoms with Crippen molar-refractivity contribution in [3.05, 3.63) is 34.3 Å². The van der Waals surface area contributed by atoms with Crippen LogP contribution in [-0.2, 0) is 0 Å². The van der Waals surface area contributed by atoms with Crippen molar-refractivity contribution in [3.63, 3.8) is 0 Å². The number of benzene rings is 1. The largest absolute Gasteiger partial charge is 0.316 e. The van der Waals surface area contributed by atoms with E-state index in [-0.39, 0.29) is 0 Å². The van der Waals surface area contributed by atoms with Crippen LogP contribution in [0.5, 0.6) is 0 Å². The highest BCUT2D eigenvalue weighted by Crippen LogP contribution is 2.18. The Morgan fingerprint density at radius 1 is 1.43 bits per heavy atom. The molecule has 0 aliphatic rings. The number of hydrogen-bond acceptors (Lipinski definition) is 1. The Hall–Kier alpha value is -0.340. The fourth-order valence-electron chi connectivity index (χ4n) is 1.43. The SMILES string of the molecule is CCCNCC(C)c1cccc(Br)c1. The Bertz CT molecular complexity index is 273. The maximum Gasteiger partial charge on any atom is 0.0178 e. The van der Waals surface area contributed by atoms with Gasteiger partial charge in [0.1, 0.15) is 0 Å². The summed E-state index contributed by atoms with van der Waals surface area (Å²) >= 11 is 3.49. The van der Waals surface area contributed by atoms with Crippen molar-refractivity contribution in [2.75, 3.05) is 13.1 Å². The number of halogens is 1. The van der Waals surface area contributed by atoms with Gasteiger partial charge < -0.3 is 5.32 Å². The monoisotopic (exact) mass is 255 g/mol. The van der Waals surface area contributed by atoms with E-state index >= 15 is 0 Å². The maximum atomic E-state index is 3.49. The van der Waals surface area contributed by atoms with Crippen LogP contribution >= 0.6 is 15.9 Å². The van der Waals surface area contributed by atoms with Gasteiger partial charge in [-0.15, -0.1) is 0 Å². The van der Waals surface area contributed by atoms with Crippen LogP contribution in [-0.4, -0.2) is 13.1 Å². The van der Waals surface area contributed by atoms with Crippen LogP contribution in [0.1, 0.15) is 31.7 Å². The molecule has 1 rings (SSSR count). The van der Waals surface area contributed by atoms with Gasteiger partial charge in [0, 0.05) is 11.0 Å². The van der Waals surface area contributed by atoms with Crippen LogP contribution < -0.4 is 5.32 Å². The predicted octanol–water partition coefficient (Wildman–Crippen LogP) is 3.55. The van der Waals surface area contributed by atoms with Gasteiger partial charge in [0.05, 0.1) is 0 Å². The maximum absolute atomic E-state index is 3.49. The molecule has 1 aromatic carbocycles. The Kier molecular flexibility index (Phi) is 5.20. The van der Waals surface area contributed by atoms with E-state index in [9.17, 15) is 0 Å². The van der Waals surface area contributed by atoms with Gasteiger partial charge in [-0.3, -0.25) is 0 Å². The first-order valence-corrected chi connectivity index (χ1v) is 5.99. The van der Waals surface area contributed by atoms with Gasteiger partial charge >= 0.3 is 0 Å². The zero-order chi connectivity index (χ0) is 10.4. The topological polar surface area (TPSA) is 12.0 Å². The van der Waals surface area contributed by atoms with Gasteiger partial charge in [0.15, 0.2) is 0 Å². The summed E-state index contributed by atoms with van der Waals surface area (Å²) in [5.41, 5.74) is 1.39. The third-order valence-electron chi connectivity index (χ3n) is 2.30. The molecule has 0 bridgehead atoms. The summed E-state index contributed by atoms with van der Waals surface area (Å²) in [7, 11) is 0. The molecular formula is C12H18BrN. The molecule has 0 fully saturated rings. The van der Waals surface area contributed by atoms with Crippen molar-refractivity contribution in [2.24, 2.45) is 0 Å². The fraction of sp³-hybridized carbons (Fsp3) is 0.500. The van der Waals surface area contributed by atoms with Crippen molar-refractivity contribution >= 4 is 15.9 Å². The second-order valence-corrected chi connectivity index (χ2v) is 4.58. The molecule has 0 spiro atoms. The first-order chi connectivity index (χ1) is 6.74. The van der Waals surface area contributed by atoms with E-state index in [4.69, 9.17) is 0 Å². The van der Waals surface area contributed by atoms with E-state index in [0.717, 1.165) is 17.6 Å². The minimum absolute atomic E-state index is 0.582. The number of hydrogen-bond donors (Lipinski definition) is 1. The van der Waals surface area contributed by atoms with Crippen molar-refractivity contribution in [3.8, 4) is 0 Å². The minimum Gasteiger partial charge on any atom is -0.316 e. The highest BCUT2D eigenvalue weighted by molar-refractivity contribution is 9.10. The van der Waals surface area contributed by atoms with E-state index in [1.165, 1.54) is 12.0 Å². The number of nitrogens with one attached hydrogen (secondary N) is 1. The highest BCUT2D eigenvalue weighted by Gasteiger charge is 2.04. The van der Waals surface area contributed by atoms with Crippen LogP contribution in [0, 0.1) is 0 Å². The molecule has 1 N–H and O–H groups in total. The second-order valence-electron chi connectivity index (χ2n) is 3.66. The van der Waals surface area contributed by atoms with Gasteiger partial charge in [-0.1, -0.05) is 41.9 Å². The summed E-state index contributed by atoms with van der Waals surface area (Å²) in [6.45, 7) is 6.61. The van der Waals surface area contributed by atoms with Gasteiger partial charge in [-0.25, -0.2) is 0 Å². The van der Waals surface area contributed by atoms with Gasteiger partial charge in [0.2, 0.25) is 0 Å². The highest BCUT2D eigenvalue weighted by atomic mass is 79.9. The lowest BCUT2D eigenvalue weighted by Crippen LogP contribution is -2.20.